The molecule has 1 aliphatic rings. The molecule has 6 heteroatoms. The molecule has 0 aliphatic carbocycles. The van der Waals surface area contributed by atoms with Crippen molar-refractivity contribution in [3.8, 4) is 11.5 Å². The minimum Gasteiger partial charge on any atom is -0.486 e. The van der Waals surface area contributed by atoms with Crippen molar-refractivity contribution >= 4 is 27.7 Å². The molecule has 0 spiro atoms. The van der Waals surface area contributed by atoms with Crippen molar-refractivity contribution in [1.29, 1.82) is 0 Å². The maximum atomic E-state index is 13.1. The van der Waals surface area contributed by atoms with E-state index in [0.717, 1.165) is 22.3 Å². The summed E-state index contributed by atoms with van der Waals surface area (Å²) in [6, 6.07) is 20.6. The first-order valence-corrected chi connectivity index (χ1v) is 10.2. The third-order valence-electron chi connectivity index (χ3n) is 5.62. The lowest BCUT2D eigenvalue weighted by Gasteiger charge is -2.22. The van der Waals surface area contributed by atoms with Crippen LogP contribution in [0.2, 0.25) is 0 Å². The number of pyridine rings is 1. The van der Waals surface area contributed by atoms with E-state index in [2.05, 4.69) is 0 Å². The molecule has 0 N–H and O–H groups in total. The van der Waals surface area contributed by atoms with E-state index in [1.807, 2.05) is 71.3 Å². The van der Waals surface area contributed by atoms with E-state index in [1.54, 1.807) is 11.9 Å². The van der Waals surface area contributed by atoms with Crippen molar-refractivity contribution in [3.63, 3.8) is 0 Å². The second kappa shape index (κ2) is 7.80. The van der Waals surface area contributed by atoms with Crippen LogP contribution in [0.25, 0.3) is 21.8 Å². The minimum absolute atomic E-state index is 0.0143. The van der Waals surface area contributed by atoms with Gasteiger partial charge in [-0.15, -0.1) is 0 Å². The molecule has 5 rings (SSSR count). The highest BCUT2D eigenvalue weighted by Crippen LogP contribution is 2.31. The van der Waals surface area contributed by atoms with Crippen LogP contribution in [0.3, 0.4) is 0 Å². The quantitative estimate of drug-likeness (QED) is 0.479. The highest BCUT2D eigenvalue weighted by molar-refractivity contribution is 5.94. The summed E-state index contributed by atoms with van der Waals surface area (Å²) >= 11 is 0. The molecule has 1 amide bonds. The Morgan fingerprint density at radius 1 is 0.903 bits per heavy atom. The summed E-state index contributed by atoms with van der Waals surface area (Å²) in [5.74, 6) is 1.39. The van der Waals surface area contributed by atoms with E-state index in [4.69, 9.17) is 9.47 Å². The Bertz CT molecular complexity index is 1300. The standard InChI is InChI=1S/C25H22N2O4/c1-26(15-17-10-11-22-23(14-17)31-13-12-30-22)24(28)16-27-20-8-4-2-6-18(20)25(29)19-7-3-5-9-21(19)27/h2-11,14H,12-13,15-16H2,1H3. The maximum absolute atomic E-state index is 13.1. The molecular formula is C25H22N2O4. The van der Waals surface area contributed by atoms with Crippen LogP contribution in [0.4, 0.5) is 0 Å². The van der Waals surface area contributed by atoms with Crippen LogP contribution in [0.15, 0.2) is 71.5 Å². The fourth-order valence-electron chi connectivity index (χ4n) is 4.05. The first kappa shape index (κ1) is 19.2. The van der Waals surface area contributed by atoms with Crippen LogP contribution in [0, 0.1) is 0 Å². The van der Waals surface area contributed by atoms with Gasteiger partial charge in [-0.1, -0.05) is 30.3 Å². The average Bonchev–Trinajstić information content (AvgIpc) is 2.81. The molecule has 0 atom stereocenters. The minimum atomic E-state index is -0.0474. The van der Waals surface area contributed by atoms with Crippen LogP contribution in [-0.2, 0) is 17.9 Å². The van der Waals surface area contributed by atoms with Crippen molar-refractivity contribution in [3.05, 3.63) is 82.5 Å². The third-order valence-corrected chi connectivity index (χ3v) is 5.62. The number of aromatic nitrogens is 1. The van der Waals surface area contributed by atoms with Crippen molar-refractivity contribution < 1.29 is 14.3 Å². The van der Waals surface area contributed by atoms with E-state index in [-0.39, 0.29) is 17.9 Å². The maximum Gasteiger partial charge on any atom is 0.242 e. The van der Waals surface area contributed by atoms with E-state index in [0.29, 0.717) is 36.3 Å². The summed E-state index contributed by atoms with van der Waals surface area (Å²) in [5.41, 5.74) is 2.47. The Labute approximate surface area is 179 Å². The number of carbonyl (C=O) groups excluding carboxylic acids is 1. The monoisotopic (exact) mass is 414 g/mol. The summed E-state index contributed by atoms with van der Waals surface area (Å²) in [7, 11) is 1.78. The predicted molar refractivity (Wildman–Crippen MR) is 120 cm³/mol. The molecule has 6 nitrogen and oxygen atoms in total. The van der Waals surface area contributed by atoms with Crippen molar-refractivity contribution in [1.82, 2.24) is 9.47 Å². The second-order valence-electron chi connectivity index (χ2n) is 7.68. The zero-order chi connectivity index (χ0) is 21.4. The molecule has 4 aromatic rings. The number of hydrogen-bond donors (Lipinski definition) is 0. The number of amides is 1. The summed E-state index contributed by atoms with van der Waals surface area (Å²) in [6.07, 6.45) is 0. The van der Waals surface area contributed by atoms with Gasteiger partial charge in [0.15, 0.2) is 16.9 Å². The van der Waals surface area contributed by atoms with Crippen molar-refractivity contribution in [2.45, 2.75) is 13.1 Å². The van der Waals surface area contributed by atoms with Crippen LogP contribution in [-0.4, -0.2) is 35.6 Å². The van der Waals surface area contributed by atoms with E-state index >= 15 is 0 Å². The molecule has 1 aliphatic heterocycles. The normalized spacial score (nSPS) is 12.8. The van der Waals surface area contributed by atoms with E-state index < -0.39 is 0 Å². The van der Waals surface area contributed by atoms with Gasteiger partial charge in [-0.3, -0.25) is 9.59 Å². The molecule has 0 unspecified atom stereocenters. The van der Waals surface area contributed by atoms with Gasteiger partial charge in [0.05, 0.1) is 11.0 Å². The van der Waals surface area contributed by atoms with E-state index in [9.17, 15) is 9.59 Å². The average molecular weight is 414 g/mol. The smallest absolute Gasteiger partial charge is 0.242 e. The van der Waals surface area contributed by atoms with Crippen LogP contribution >= 0.6 is 0 Å². The van der Waals surface area contributed by atoms with Gasteiger partial charge in [-0.25, -0.2) is 0 Å². The number of benzene rings is 3. The fraction of sp³-hybridized carbons (Fsp3) is 0.200. The molecule has 0 saturated heterocycles. The first-order valence-electron chi connectivity index (χ1n) is 10.2. The Kier molecular flexibility index (Phi) is 4.82. The van der Waals surface area contributed by atoms with Gasteiger partial charge in [0.25, 0.3) is 0 Å². The van der Waals surface area contributed by atoms with Gasteiger partial charge in [0, 0.05) is 24.4 Å². The number of rotatable bonds is 4. The molecule has 0 saturated carbocycles. The zero-order valence-corrected chi connectivity index (χ0v) is 17.2. The number of fused-ring (bicyclic) bond motifs is 3. The SMILES string of the molecule is CN(Cc1ccc2c(c1)OCCO2)C(=O)Cn1c2ccccc2c(=O)c2ccccc21. The molecule has 156 valence electrons. The number of carbonyl (C=O) groups is 1. The number of ether oxygens (including phenoxy) is 2. The number of likely N-dealkylation sites (N-methyl/N-ethyl adjacent to an activating group) is 1. The number of hydrogen-bond acceptors (Lipinski definition) is 4. The largest absolute Gasteiger partial charge is 0.486 e. The lowest BCUT2D eigenvalue weighted by molar-refractivity contribution is -0.130. The van der Waals surface area contributed by atoms with Gasteiger partial charge in [-0.2, -0.15) is 0 Å². The highest BCUT2D eigenvalue weighted by Gasteiger charge is 2.17. The van der Waals surface area contributed by atoms with Crippen molar-refractivity contribution in [2.24, 2.45) is 0 Å². The molecule has 1 aromatic heterocycles. The van der Waals surface area contributed by atoms with Gasteiger partial charge < -0.3 is 18.9 Å². The Morgan fingerprint density at radius 3 is 2.19 bits per heavy atom. The van der Waals surface area contributed by atoms with Gasteiger partial charge in [0.1, 0.15) is 19.8 Å². The molecule has 31 heavy (non-hydrogen) atoms. The second-order valence-corrected chi connectivity index (χ2v) is 7.68. The first-order chi connectivity index (χ1) is 15.1. The number of para-hydroxylation sites is 2. The van der Waals surface area contributed by atoms with Gasteiger partial charge in [-0.05, 0) is 42.0 Å². The summed E-state index contributed by atoms with van der Waals surface area (Å²) in [6.45, 7) is 1.66. The lowest BCUT2D eigenvalue weighted by Crippen LogP contribution is -2.30. The topological polar surface area (TPSA) is 60.8 Å². The van der Waals surface area contributed by atoms with Gasteiger partial charge >= 0.3 is 0 Å². The highest BCUT2D eigenvalue weighted by atomic mass is 16.6. The van der Waals surface area contributed by atoms with Crippen LogP contribution in [0.5, 0.6) is 11.5 Å². The molecule has 0 fully saturated rings. The van der Waals surface area contributed by atoms with Crippen molar-refractivity contribution in [2.75, 3.05) is 20.3 Å². The lowest BCUT2D eigenvalue weighted by atomic mass is 10.1. The number of nitrogens with zero attached hydrogens (tertiary/aromatic N) is 2. The Balaban J connectivity index is 1.46. The molecule has 0 bridgehead atoms. The third kappa shape index (κ3) is 3.50. The molecule has 3 aromatic carbocycles. The fourth-order valence-corrected chi connectivity index (χ4v) is 4.05. The summed E-state index contributed by atoms with van der Waals surface area (Å²) in [5, 5.41) is 1.23. The Hall–Kier alpha value is -3.80. The molecule has 2 heterocycles. The zero-order valence-electron chi connectivity index (χ0n) is 17.2. The Morgan fingerprint density at radius 2 is 1.52 bits per heavy atom. The van der Waals surface area contributed by atoms with E-state index in [1.165, 1.54) is 0 Å². The molecule has 0 radical (unpaired) electrons. The summed E-state index contributed by atoms with van der Waals surface area (Å²) in [4.78, 5) is 27.7. The molecular weight excluding hydrogens is 392 g/mol. The summed E-state index contributed by atoms with van der Waals surface area (Å²) < 4.78 is 13.1. The van der Waals surface area contributed by atoms with Gasteiger partial charge in [0.2, 0.25) is 5.91 Å². The van der Waals surface area contributed by atoms with Crippen LogP contribution in [0.1, 0.15) is 5.56 Å². The predicted octanol–water partition coefficient (Wildman–Crippen LogP) is 3.58. The van der Waals surface area contributed by atoms with Crippen LogP contribution < -0.4 is 14.9 Å².